The van der Waals surface area contributed by atoms with Gasteiger partial charge in [-0.05, 0) is 93.7 Å². The van der Waals surface area contributed by atoms with E-state index in [1.54, 1.807) is 0 Å². The number of rotatable bonds is 5. The standard InChI is InChI=1S/C46H29NOS/c1-2-16-37-30(10-1)11-9-19-38(37)33-14-7-12-31(26-33)32-13-8-15-34(27-32)47(35-23-25-46-42(28-35)41-18-4-6-21-45(41)49-46)36-22-24-40-39-17-3-5-20-43(39)48-44(40)29-36/h1-29H. The molecule has 0 saturated carbocycles. The molecule has 10 rings (SSSR count). The van der Waals surface area contributed by atoms with Crippen LogP contribution in [0.2, 0.25) is 0 Å². The van der Waals surface area contributed by atoms with Gasteiger partial charge >= 0.3 is 0 Å². The molecule has 0 bridgehead atoms. The first-order valence-corrected chi connectivity index (χ1v) is 17.4. The van der Waals surface area contributed by atoms with Gasteiger partial charge < -0.3 is 9.32 Å². The maximum Gasteiger partial charge on any atom is 0.137 e. The van der Waals surface area contributed by atoms with Crippen molar-refractivity contribution < 1.29 is 4.42 Å². The van der Waals surface area contributed by atoms with Crippen LogP contribution in [0.3, 0.4) is 0 Å². The monoisotopic (exact) mass is 643 g/mol. The average molecular weight is 644 g/mol. The lowest BCUT2D eigenvalue weighted by Crippen LogP contribution is -2.09. The summed E-state index contributed by atoms with van der Waals surface area (Å²) in [4.78, 5) is 2.36. The largest absolute Gasteiger partial charge is 0.456 e. The fourth-order valence-corrected chi connectivity index (χ4v) is 8.41. The molecule has 49 heavy (non-hydrogen) atoms. The Hall–Kier alpha value is -6.16. The lowest BCUT2D eigenvalue weighted by atomic mass is 9.95. The molecule has 0 spiro atoms. The van der Waals surface area contributed by atoms with Crippen LogP contribution in [-0.4, -0.2) is 0 Å². The second kappa shape index (κ2) is 11.2. The number of anilines is 3. The minimum atomic E-state index is 0.879. The molecule has 0 amide bonds. The zero-order valence-corrected chi connectivity index (χ0v) is 27.3. The fraction of sp³-hybridized carbons (Fsp3) is 0. The lowest BCUT2D eigenvalue weighted by Gasteiger charge is -2.26. The average Bonchev–Trinajstić information content (AvgIpc) is 3.73. The van der Waals surface area contributed by atoms with Crippen molar-refractivity contribution in [2.24, 2.45) is 0 Å². The normalized spacial score (nSPS) is 11.7. The number of nitrogens with zero attached hydrogens (tertiary/aromatic N) is 1. The third-order valence-corrected chi connectivity index (χ3v) is 10.8. The molecule has 0 aliphatic heterocycles. The molecule has 0 aliphatic rings. The van der Waals surface area contributed by atoms with Gasteiger partial charge in [-0.15, -0.1) is 11.3 Å². The Bertz CT molecular complexity index is 2850. The molecule has 2 aromatic heterocycles. The van der Waals surface area contributed by atoms with Crippen LogP contribution < -0.4 is 4.90 Å². The highest BCUT2D eigenvalue weighted by Gasteiger charge is 2.18. The van der Waals surface area contributed by atoms with E-state index >= 15 is 0 Å². The van der Waals surface area contributed by atoms with Crippen LogP contribution in [0.1, 0.15) is 0 Å². The number of fused-ring (bicyclic) bond motifs is 7. The predicted octanol–water partition coefficient (Wildman–Crippen LogP) is 13.9. The van der Waals surface area contributed by atoms with Crippen molar-refractivity contribution in [2.45, 2.75) is 0 Å². The van der Waals surface area contributed by atoms with E-state index in [4.69, 9.17) is 4.42 Å². The van der Waals surface area contributed by atoms with Gasteiger partial charge in [-0.2, -0.15) is 0 Å². The molecule has 2 heterocycles. The van der Waals surface area contributed by atoms with Crippen LogP contribution in [0, 0.1) is 0 Å². The van der Waals surface area contributed by atoms with Crippen molar-refractivity contribution >= 4 is 81.3 Å². The van der Waals surface area contributed by atoms with Crippen LogP contribution >= 0.6 is 11.3 Å². The first kappa shape index (κ1) is 27.9. The lowest BCUT2D eigenvalue weighted by molar-refractivity contribution is 0.669. The number of furan rings is 1. The van der Waals surface area contributed by atoms with Crippen molar-refractivity contribution in [1.82, 2.24) is 0 Å². The molecule has 10 aromatic rings. The van der Waals surface area contributed by atoms with Crippen molar-refractivity contribution in [3.63, 3.8) is 0 Å². The molecule has 0 aliphatic carbocycles. The topological polar surface area (TPSA) is 16.4 Å². The van der Waals surface area contributed by atoms with E-state index in [-0.39, 0.29) is 0 Å². The fourth-order valence-electron chi connectivity index (χ4n) is 7.32. The van der Waals surface area contributed by atoms with Gasteiger partial charge in [0, 0.05) is 54.1 Å². The Labute approximate surface area is 287 Å². The van der Waals surface area contributed by atoms with Crippen molar-refractivity contribution in [3.05, 3.63) is 176 Å². The molecule has 0 unspecified atom stereocenters. The van der Waals surface area contributed by atoms with E-state index in [0.29, 0.717) is 0 Å². The Balaban J connectivity index is 1.14. The summed E-state index contributed by atoms with van der Waals surface area (Å²) in [7, 11) is 0. The third kappa shape index (κ3) is 4.70. The van der Waals surface area contributed by atoms with Crippen LogP contribution in [0.25, 0.3) is 75.1 Å². The van der Waals surface area contributed by atoms with E-state index < -0.39 is 0 Å². The zero-order valence-electron chi connectivity index (χ0n) is 26.5. The molecule has 230 valence electrons. The van der Waals surface area contributed by atoms with Gasteiger partial charge in [-0.3, -0.25) is 0 Å². The summed E-state index contributed by atoms with van der Waals surface area (Å²) in [5.74, 6) is 0. The highest BCUT2D eigenvalue weighted by Crippen LogP contribution is 2.43. The number of para-hydroxylation sites is 1. The van der Waals surface area contributed by atoms with Gasteiger partial charge in [-0.1, -0.05) is 109 Å². The molecule has 0 fully saturated rings. The van der Waals surface area contributed by atoms with Gasteiger partial charge in [0.1, 0.15) is 11.2 Å². The minimum absolute atomic E-state index is 0.879. The summed E-state index contributed by atoms with van der Waals surface area (Å²) < 4.78 is 8.98. The minimum Gasteiger partial charge on any atom is -0.456 e. The molecule has 0 radical (unpaired) electrons. The van der Waals surface area contributed by atoms with E-state index in [9.17, 15) is 0 Å². The van der Waals surface area contributed by atoms with Crippen LogP contribution in [-0.2, 0) is 0 Å². The van der Waals surface area contributed by atoms with Crippen molar-refractivity contribution in [2.75, 3.05) is 4.90 Å². The molecule has 8 aromatic carbocycles. The second-order valence-electron chi connectivity index (χ2n) is 12.6. The first-order valence-electron chi connectivity index (χ1n) is 16.6. The molecule has 2 nitrogen and oxygen atoms in total. The van der Waals surface area contributed by atoms with Gasteiger partial charge in [0.25, 0.3) is 0 Å². The van der Waals surface area contributed by atoms with Gasteiger partial charge in [0.05, 0.1) is 0 Å². The van der Waals surface area contributed by atoms with E-state index in [2.05, 4.69) is 169 Å². The Morgan fingerprint density at radius 3 is 1.94 bits per heavy atom. The van der Waals surface area contributed by atoms with Crippen LogP contribution in [0.15, 0.2) is 180 Å². The smallest absolute Gasteiger partial charge is 0.137 e. The van der Waals surface area contributed by atoms with Crippen LogP contribution in [0.5, 0.6) is 0 Å². The Morgan fingerprint density at radius 2 is 1.00 bits per heavy atom. The maximum atomic E-state index is 6.38. The quantitative estimate of drug-likeness (QED) is 0.186. The molecule has 0 atom stereocenters. The van der Waals surface area contributed by atoms with E-state index in [0.717, 1.165) is 44.6 Å². The summed E-state index contributed by atoms with van der Waals surface area (Å²) in [5.41, 5.74) is 9.82. The predicted molar refractivity (Wildman–Crippen MR) is 210 cm³/mol. The number of hydrogen-bond acceptors (Lipinski definition) is 3. The summed E-state index contributed by atoms with van der Waals surface area (Å²) in [5, 5.41) is 7.33. The molecular formula is C46H29NOS. The van der Waals surface area contributed by atoms with Crippen LogP contribution in [0.4, 0.5) is 17.1 Å². The maximum absolute atomic E-state index is 6.38. The Morgan fingerprint density at radius 1 is 0.367 bits per heavy atom. The molecular weight excluding hydrogens is 615 g/mol. The highest BCUT2D eigenvalue weighted by atomic mass is 32.1. The van der Waals surface area contributed by atoms with Crippen molar-refractivity contribution in [1.29, 1.82) is 0 Å². The summed E-state index contributed by atoms with van der Waals surface area (Å²) in [6.07, 6.45) is 0. The van der Waals surface area contributed by atoms with Gasteiger partial charge in [-0.25, -0.2) is 0 Å². The zero-order chi connectivity index (χ0) is 32.3. The summed E-state index contributed by atoms with van der Waals surface area (Å²) in [6, 6.07) is 63.3. The summed E-state index contributed by atoms with van der Waals surface area (Å²) in [6.45, 7) is 0. The summed E-state index contributed by atoms with van der Waals surface area (Å²) >= 11 is 1.84. The number of thiophene rings is 1. The first-order chi connectivity index (χ1) is 24.3. The Kier molecular flexibility index (Phi) is 6.39. The van der Waals surface area contributed by atoms with E-state index in [1.807, 2.05) is 23.5 Å². The second-order valence-corrected chi connectivity index (χ2v) is 13.6. The SMILES string of the molecule is c1cc(-c2cccc(N(c3ccc4c(c3)oc3ccccc34)c3ccc4sc5ccccc5c4c3)c2)cc(-c2cccc3ccccc23)c1. The van der Waals surface area contributed by atoms with Gasteiger partial charge in [0.15, 0.2) is 0 Å². The van der Waals surface area contributed by atoms with E-state index in [1.165, 1.54) is 47.6 Å². The molecule has 0 saturated heterocycles. The third-order valence-electron chi connectivity index (χ3n) is 9.64. The number of benzene rings is 8. The van der Waals surface area contributed by atoms with Crippen molar-refractivity contribution in [3.8, 4) is 22.3 Å². The molecule has 3 heteroatoms. The highest BCUT2D eigenvalue weighted by molar-refractivity contribution is 7.25. The molecule has 0 N–H and O–H groups in total. The van der Waals surface area contributed by atoms with Gasteiger partial charge in [0.2, 0.25) is 0 Å². The number of hydrogen-bond donors (Lipinski definition) is 0.